The summed E-state index contributed by atoms with van der Waals surface area (Å²) in [4.78, 5) is 0.0557. The van der Waals surface area contributed by atoms with Crippen molar-refractivity contribution in [2.75, 3.05) is 12.3 Å². The van der Waals surface area contributed by atoms with E-state index >= 15 is 0 Å². The fraction of sp³-hybridized carbons (Fsp3) is 0.727. The van der Waals surface area contributed by atoms with Gasteiger partial charge in [-0.05, 0) is 11.8 Å². The van der Waals surface area contributed by atoms with Crippen LogP contribution in [0.3, 0.4) is 0 Å². The molecule has 0 saturated heterocycles. The highest BCUT2D eigenvalue weighted by atomic mass is 32.2. The highest BCUT2D eigenvalue weighted by Gasteiger charge is 2.23. The van der Waals surface area contributed by atoms with Crippen molar-refractivity contribution in [2.24, 2.45) is 5.41 Å². The van der Waals surface area contributed by atoms with Gasteiger partial charge in [0, 0.05) is 19.3 Å². The summed E-state index contributed by atoms with van der Waals surface area (Å²) in [5.74, 6) is 0.0462. The van der Waals surface area contributed by atoms with E-state index in [4.69, 9.17) is 5.73 Å². The molecule has 0 aromatic carbocycles. The average Bonchev–Trinajstić information content (AvgIpc) is 2.57. The number of aryl methyl sites for hydroxylation is 1. The summed E-state index contributed by atoms with van der Waals surface area (Å²) in [5, 5.41) is 3.99. The van der Waals surface area contributed by atoms with Crippen molar-refractivity contribution in [3.05, 3.63) is 6.20 Å². The van der Waals surface area contributed by atoms with Crippen LogP contribution >= 0.6 is 0 Å². The second-order valence-electron chi connectivity index (χ2n) is 5.53. The minimum atomic E-state index is -3.58. The molecular weight excluding hydrogens is 252 g/mol. The van der Waals surface area contributed by atoms with Gasteiger partial charge in [0.05, 0.1) is 0 Å². The van der Waals surface area contributed by atoms with Crippen molar-refractivity contribution in [1.82, 2.24) is 14.5 Å². The van der Waals surface area contributed by atoms with Crippen molar-refractivity contribution < 1.29 is 8.42 Å². The molecule has 1 aromatic heterocycles. The molecule has 0 atom stereocenters. The van der Waals surface area contributed by atoms with E-state index in [0.29, 0.717) is 13.1 Å². The molecule has 0 radical (unpaired) electrons. The Hall–Kier alpha value is -1.08. The predicted octanol–water partition coefficient (Wildman–Crippen LogP) is 1.20. The Morgan fingerprint density at radius 1 is 1.44 bits per heavy atom. The molecule has 0 saturated carbocycles. The molecule has 0 unspecified atom stereocenters. The third-order valence-electron chi connectivity index (χ3n) is 2.29. The average molecular weight is 274 g/mol. The van der Waals surface area contributed by atoms with Crippen LogP contribution in [0.5, 0.6) is 0 Å². The van der Waals surface area contributed by atoms with Crippen LogP contribution in [0.2, 0.25) is 0 Å². The summed E-state index contributed by atoms with van der Waals surface area (Å²) in [7, 11) is -3.58. The van der Waals surface area contributed by atoms with E-state index in [1.54, 1.807) is 4.68 Å². The van der Waals surface area contributed by atoms with Gasteiger partial charge in [0.15, 0.2) is 5.82 Å². The van der Waals surface area contributed by atoms with E-state index in [2.05, 4.69) is 9.82 Å². The molecule has 0 aliphatic rings. The summed E-state index contributed by atoms with van der Waals surface area (Å²) in [6.45, 7) is 8.87. The number of nitrogens with zero attached hydrogens (tertiary/aromatic N) is 2. The third-order valence-corrected chi connectivity index (χ3v) is 3.71. The van der Waals surface area contributed by atoms with Crippen LogP contribution in [0.25, 0.3) is 0 Å². The number of rotatable bonds is 5. The Bertz CT molecular complexity index is 500. The first-order chi connectivity index (χ1) is 8.15. The van der Waals surface area contributed by atoms with Gasteiger partial charge < -0.3 is 5.73 Å². The van der Waals surface area contributed by atoms with Crippen LogP contribution in [0.15, 0.2) is 11.1 Å². The third kappa shape index (κ3) is 3.99. The van der Waals surface area contributed by atoms with Gasteiger partial charge in [-0.25, -0.2) is 13.1 Å². The Morgan fingerprint density at radius 3 is 2.56 bits per heavy atom. The lowest BCUT2D eigenvalue weighted by molar-refractivity contribution is 0.407. The maximum Gasteiger partial charge on any atom is 0.245 e. The van der Waals surface area contributed by atoms with Crippen molar-refractivity contribution in [3.63, 3.8) is 0 Å². The molecule has 0 aliphatic heterocycles. The minimum absolute atomic E-state index is 0.0462. The van der Waals surface area contributed by atoms with Gasteiger partial charge in [-0.1, -0.05) is 27.7 Å². The lowest BCUT2D eigenvalue weighted by Gasteiger charge is -2.18. The molecule has 0 fully saturated rings. The van der Waals surface area contributed by atoms with E-state index < -0.39 is 10.0 Å². The Morgan fingerprint density at radius 2 is 2.06 bits per heavy atom. The predicted molar refractivity (Wildman–Crippen MR) is 71.6 cm³/mol. The molecule has 0 aliphatic carbocycles. The summed E-state index contributed by atoms with van der Waals surface area (Å²) < 4.78 is 28.3. The monoisotopic (exact) mass is 274 g/mol. The van der Waals surface area contributed by atoms with Crippen LogP contribution < -0.4 is 10.5 Å². The number of nitrogen functional groups attached to an aromatic ring is 1. The number of nitrogens with one attached hydrogen (secondary N) is 1. The van der Waals surface area contributed by atoms with Crippen molar-refractivity contribution in [3.8, 4) is 0 Å². The molecule has 1 aromatic rings. The second-order valence-corrected chi connectivity index (χ2v) is 7.26. The Labute approximate surface area is 109 Å². The van der Waals surface area contributed by atoms with Crippen LogP contribution in [-0.4, -0.2) is 24.7 Å². The number of hydrogen-bond acceptors (Lipinski definition) is 4. The van der Waals surface area contributed by atoms with Crippen molar-refractivity contribution in [2.45, 2.75) is 45.6 Å². The smallest absolute Gasteiger partial charge is 0.245 e. The summed E-state index contributed by atoms with van der Waals surface area (Å²) >= 11 is 0. The van der Waals surface area contributed by atoms with E-state index in [1.807, 2.05) is 27.7 Å². The molecule has 18 heavy (non-hydrogen) atoms. The van der Waals surface area contributed by atoms with Gasteiger partial charge >= 0.3 is 0 Å². The lowest BCUT2D eigenvalue weighted by atomic mass is 9.98. The highest BCUT2D eigenvalue weighted by molar-refractivity contribution is 7.89. The van der Waals surface area contributed by atoms with Gasteiger partial charge in [0.25, 0.3) is 0 Å². The summed E-state index contributed by atoms with van der Waals surface area (Å²) in [5.41, 5.74) is 5.52. The Balaban J connectivity index is 2.91. The van der Waals surface area contributed by atoms with Gasteiger partial charge in [0.2, 0.25) is 10.0 Å². The standard InChI is InChI=1S/C11H22N4O2S/c1-5-6-15-7-9(10(12)14-15)18(16,17)13-8-11(2,3)4/h7,13H,5-6,8H2,1-4H3,(H2,12,14). The number of sulfonamides is 1. The lowest BCUT2D eigenvalue weighted by Crippen LogP contribution is -2.32. The topological polar surface area (TPSA) is 90.0 Å². The molecule has 0 bridgehead atoms. The number of nitrogens with two attached hydrogens (primary N) is 1. The summed E-state index contributed by atoms with van der Waals surface area (Å²) in [6.07, 6.45) is 2.35. The molecule has 1 rings (SSSR count). The van der Waals surface area contributed by atoms with Crippen LogP contribution in [0, 0.1) is 5.41 Å². The quantitative estimate of drug-likeness (QED) is 0.844. The first-order valence-electron chi connectivity index (χ1n) is 5.98. The van der Waals surface area contributed by atoms with Crippen LogP contribution in [-0.2, 0) is 16.6 Å². The largest absolute Gasteiger partial charge is 0.381 e. The maximum absolute atomic E-state index is 12.1. The van der Waals surface area contributed by atoms with E-state index in [1.165, 1.54) is 6.20 Å². The molecule has 1 heterocycles. The zero-order chi connectivity index (χ0) is 14.0. The highest BCUT2D eigenvalue weighted by Crippen LogP contribution is 2.18. The molecule has 6 nitrogen and oxygen atoms in total. The van der Waals surface area contributed by atoms with Gasteiger partial charge in [-0.3, -0.25) is 4.68 Å². The zero-order valence-electron chi connectivity index (χ0n) is 11.4. The number of anilines is 1. The first kappa shape index (κ1) is 15.0. The van der Waals surface area contributed by atoms with Crippen molar-refractivity contribution in [1.29, 1.82) is 0 Å². The zero-order valence-corrected chi connectivity index (χ0v) is 12.2. The molecule has 104 valence electrons. The van der Waals surface area contributed by atoms with Gasteiger partial charge in [-0.2, -0.15) is 5.10 Å². The SMILES string of the molecule is CCCn1cc(S(=O)(=O)NCC(C)(C)C)c(N)n1. The second kappa shape index (κ2) is 5.27. The first-order valence-corrected chi connectivity index (χ1v) is 7.46. The van der Waals surface area contributed by atoms with Crippen LogP contribution in [0.4, 0.5) is 5.82 Å². The summed E-state index contributed by atoms with van der Waals surface area (Å²) in [6, 6.07) is 0. The van der Waals surface area contributed by atoms with Gasteiger partial charge in [-0.15, -0.1) is 0 Å². The van der Waals surface area contributed by atoms with E-state index in [-0.39, 0.29) is 16.1 Å². The number of aromatic nitrogens is 2. The molecule has 7 heteroatoms. The fourth-order valence-corrected chi connectivity index (χ4v) is 2.71. The molecule has 3 N–H and O–H groups in total. The normalized spacial score (nSPS) is 12.9. The van der Waals surface area contributed by atoms with Gasteiger partial charge in [0.1, 0.15) is 4.90 Å². The molecule has 0 spiro atoms. The fourth-order valence-electron chi connectivity index (χ4n) is 1.36. The van der Waals surface area contributed by atoms with Crippen molar-refractivity contribution >= 4 is 15.8 Å². The molecule has 0 amide bonds. The number of hydrogen-bond donors (Lipinski definition) is 2. The van der Waals surface area contributed by atoms with E-state index in [0.717, 1.165) is 6.42 Å². The molecular formula is C11H22N4O2S. The minimum Gasteiger partial charge on any atom is -0.381 e. The Kier molecular flexibility index (Phi) is 4.39. The van der Waals surface area contributed by atoms with E-state index in [9.17, 15) is 8.42 Å². The maximum atomic E-state index is 12.1. The van der Waals surface area contributed by atoms with Crippen LogP contribution in [0.1, 0.15) is 34.1 Å².